The molecule has 0 spiro atoms. The molecule has 0 unspecified atom stereocenters. The van der Waals surface area contributed by atoms with Crippen LogP contribution in [0, 0.1) is 0 Å². The van der Waals surface area contributed by atoms with Crippen molar-refractivity contribution in [3.8, 4) is 0 Å². The Bertz CT molecular complexity index is 300. The van der Waals surface area contributed by atoms with E-state index in [0.29, 0.717) is 0 Å². The molecule has 2 N–H and O–H groups in total. The normalized spacial score (nSPS) is 11.7. The van der Waals surface area contributed by atoms with Crippen molar-refractivity contribution in [1.29, 1.82) is 0 Å². The molecule has 0 saturated carbocycles. The molecule has 0 aliphatic heterocycles. The maximum absolute atomic E-state index is 6.35. The molecule has 15 heavy (non-hydrogen) atoms. The molecular weight excluding hydrogens is 182 g/mol. The van der Waals surface area contributed by atoms with Crippen LogP contribution < -0.4 is 5.73 Å². The van der Waals surface area contributed by atoms with Crippen molar-refractivity contribution in [2.75, 3.05) is 0 Å². The second-order valence-electron chi connectivity index (χ2n) is 4.37. The highest BCUT2D eigenvalue weighted by Crippen LogP contribution is 2.21. The lowest BCUT2D eigenvalue weighted by Crippen LogP contribution is -2.40. The molecule has 0 aliphatic rings. The van der Waals surface area contributed by atoms with Crippen LogP contribution in [-0.4, -0.2) is 5.54 Å². The van der Waals surface area contributed by atoms with Gasteiger partial charge in [0.1, 0.15) is 0 Å². The van der Waals surface area contributed by atoms with Crippen LogP contribution in [0.25, 0.3) is 0 Å². The van der Waals surface area contributed by atoms with E-state index in [-0.39, 0.29) is 5.54 Å². The molecule has 0 aromatic heterocycles. The Morgan fingerprint density at radius 3 is 2.00 bits per heavy atom. The number of hydrogen-bond donors (Lipinski definition) is 1. The Balaban J connectivity index is 2.87. The average Bonchev–Trinajstić information content (AvgIpc) is 2.29. The van der Waals surface area contributed by atoms with Gasteiger partial charge < -0.3 is 5.73 Å². The Hall–Kier alpha value is -0.820. The quantitative estimate of drug-likeness (QED) is 0.784. The zero-order valence-corrected chi connectivity index (χ0v) is 10.2. The van der Waals surface area contributed by atoms with Crippen molar-refractivity contribution in [3.05, 3.63) is 35.4 Å². The summed E-state index contributed by atoms with van der Waals surface area (Å²) in [5.74, 6) is 0. The largest absolute Gasteiger partial charge is 0.325 e. The highest BCUT2D eigenvalue weighted by atomic mass is 14.7. The van der Waals surface area contributed by atoms with Gasteiger partial charge in [0.2, 0.25) is 0 Å². The molecule has 0 amide bonds. The first-order valence-corrected chi connectivity index (χ1v) is 6.01. The van der Waals surface area contributed by atoms with E-state index in [4.69, 9.17) is 5.73 Å². The van der Waals surface area contributed by atoms with E-state index in [9.17, 15) is 0 Å². The van der Waals surface area contributed by atoms with Crippen LogP contribution in [0.1, 0.15) is 44.7 Å². The summed E-state index contributed by atoms with van der Waals surface area (Å²) in [5, 5.41) is 0. The first-order valence-electron chi connectivity index (χ1n) is 6.01. The summed E-state index contributed by atoms with van der Waals surface area (Å²) in [6.07, 6.45) is 4.19. The van der Waals surface area contributed by atoms with E-state index in [0.717, 1.165) is 25.7 Å². The van der Waals surface area contributed by atoms with E-state index in [1.807, 2.05) is 0 Å². The monoisotopic (exact) mass is 205 g/mol. The van der Waals surface area contributed by atoms with Gasteiger partial charge in [-0.1, -0.05) is 45.0 Å². The van der Waals surface area contributed by atoms with Crippen LogP contribution in [0.4, 0.5) is 0 Å². The van der Waals surface area contributed by atoms with E-state index < -0.39 is 0 Å². The zero-order valence-electron chi connectivity index (χ0n) is 10.2. The molecule has 1 aromatic rings. The Morgan fingerprint density at radius 1 is 1.00 bits per heavy atom. The van der Waals surface area contributed by atoms with Gasteiger partial charge in [0, 0.05) is 5.54 Å². The van der Waals surface area contributed by atoms with E-state index in [1.54, 1.807) is 0 Å². The lowest BCUT2D eigenvalue weighted by atomic mass is 9.85. The van der Waals surface area contributed by atoms with Gasteiger partial charge in [0.25, 0.3) is 0 Å². The van der Waals surface area contributed by atoms with Crippen LogP contribution in [0.3, 0.4) is 0 Å². The molecule has 1 heteroatoms. The zero-order chi connectivity index (χ0) is 11.3. The third-order valence-electron chi connectivity index (χ3n) is 3.45. The molecule has 1 aromatic carbocycles. The molecule has 1 rings (SSSR count). The number of hydrogen-bond acceptors (Lipinski definition) is 1. The molecule has 0 bridgehead atoms. The van der Waals surface area contributed by atoms with Crippen LogP contribution in [0.15, 0.2) is 24.3 Å². The number of rotatable bonds is 5. The second kappa shape index (κ2) is 5.32. The fourth-order valence-electron chi connectivity index (χ4n) is 1.95. The molecule has 0 fully saturated rings. The molecule has 0 atom stereocenters. The summed E-state index contributed by atoms with van der Waals surface area (Å²) in [6, 6.07) is 8.64. The Morgan fingerprint density at radius 2 is 1.53 bits per heavy atom. The van der Waals surface area contributed by atoms with E-state index in [1.165, 1.54) is 11.1 Å². The van der Waals surface area contributed by atoms with Gasteiger partial charge in [0.05, 0.1) is 0 Å². The van der Waals surface area contributed by atoms with Gasteiger partial charge in [-0.25, -0.2) is 0 Å². The van der Waals surface area contributed by atoms with Gasteiger partial charge in [0.15, 0.2) is 0 Å². The predicted molar refractivity (Wildman–Crippen MR) is 67.0 cm³/mol. The highest BCUT2D eigenvalue weighted by molar-refractivity contribution is 5.28. The summed E-state index contributed by atoms with van der Waals surface area (Å²) in [6.45, 7) is 6.56. The smallest absolute Gasteiger partial charge is 0.0189 e. The van der Waals surface area contributed by atoms with Gasteiger partial charge in [-0.05, 0) is 36.8 Å². The average molecular weight is 205 g/mol. The lowest BCUT2D eigenvalue weighted by molar-refractivity contribution is 0.392. The summed E-state index contributed by atoms with van der Waals surface area (Å²) in [7, 11) is 0. The first-order chi connectivity index (χ1) is 7.15. The molecule has 0 heterocycles. The third-order valence-corrected chi connectivity index (χ3v) is 3.45. The van der Waals surface area contributed by atoms with Gasteiger partial charge in [-0.2, -0.15) is 0 Å². The summed E-state index contributed by atoms with van der Waals surface area (Å²) in [4.78, 5) is 0. The van der Waals surface area contributed by atoms with Crippen molar-refractivity contribution in [1.82, 2.24) is 0 Å². The van der Waals surface area contributed by atoms with Crippen molar-refractivity contribution < 1.29 is 0 Å². The van der Waals surface area contributed by atoms with Crippen LogP contribution in [-0.2, 0) is 12.8 Å². The number of nitrogens with two attached hydrogens (primary N) is 1. The lowest BCUT2D eigenvalue weighted by Gasteiger charge is -2.27. The van der Waals surface area contributed by atoms with Crippen LogP contribution in [0.5, 0.6) is 0 Å². The summed E-state index contributed by atoms with van der Waals surface area (Å²) < 4.78 is 0. The molecule has 84 valence electrons. The molecule has 0 saturated heterocycles. The minimum atomic E-state index is -0.0225. The van der Waals surface area contributed by atoms with Crippen molar-refractivity contribution >= 4 is 0 Å². The van der Waals surface area contributed by atoms with Crippen LogP contribution in [0.2, 0.25) is 0 Å². The maximum Gasteiger partial charge on any atom is 0.0189 e. The van der Waals surface area contributed by atoms with E-state index in [2.05, 4.69) is 45.0 Å². The SMILES string of the molecule is CCc1ccccc1CC(N)(CC)CC. The molecule has 1 nitrogen and oxygen atoms in total. The maximum atomic E-state index is 6.35. The van der Waals surface area contributed by atoms with Crippen molar-refractivity contribution in [2.24, 2.45) is 5.73 Å². The number of benzene rings is 1. The fourth-order valence-corrected chi connectivity index (χ4v) is 1.95. The van der Waals surface area contributed by atoms with Gasteiger partial charge in [-0.3, -0.25) is 0 Å². The molecule has 0 aliphatic carbocycles. The van der Waals surface area contributed by atoms with Crippen molar-refractivity contribution in [3.63, 3.8) is 0 Å². The third kappa shape index (κ3) is 3.07. The van der Waals surface area contributed by atoms with E-state index >= 15 is 0 Å². The topological polar surface area (TPSA) is 26.0 Å². The van der Waals surface area contributed by atoms with Crippen molar-refractivity contribution in [2.45, 2.75) is 52.0 Å². The van der Waals surface area contributed by atoms with Crippen LogP contribution >= 0.6 is 0 Å². The minimum Gasteiger partial charge on any atom is -0.325 e. The fraction of sp³-hybridized carbons (Fsp3) is 0.571. The van der Waals surface area contributed by atoms with Gasteiger partial charge >= 0.3 is 0 Å². The molecular formula is C14H23N. The highest BCUT2D eigenvalue weighted by Gasteiger charge is 2.21. The first kappa shape index (κ1) is 12.3. The predicted octanol–water partition coefficient (Wildman–Crippen LogP) is 3.31. The Kier molecular flexibility index (Phi) is 4.34. The van der Waals surface area contributed by atoms with Gasteiger partial charge in [-0.15, -0.1) is 0 Å². The molecule has 0 radical (unpaired) electrons. The Labute approximate surface area is 93.7 Å². The number of aryl methyl sites for hydroxylation is 1. The second-order valence-corrected chi connectivity index (χ2v) is 4.37. The minimum absolute atomic E-state index is 0.0225. The summed E-state index contributed by atoms with van der Waals surface area (Å²) in [5.41, 5.74) is 9.19. The summed E-state index contributed by atoms with van der Waals surface area (Å²) >= 11 is 0. The standard InChI is InChI=1S/C14H23N/c1-4-12-9-7-8-10-13(12)11-14(15,5-2)6-3/h7-10H,4-6,11,15H2,1-3H3.